The second-order valence-electron chi connectivity index (χ2n) is 8.37. The van der Waals surface area contributed by atoms with Crippen LogP contribution in [0.4, 0.5) is 11.4 Å². The van der Waals surface area contributed by atoms with E-state index < -0.39 is 6.04 Å². The lowest BCUT2D eigenvalue weighted by Gasteiger charge is -2.33. The summed E-state index contributed by atoms with van der Waals surface area (Å²) in [4.78, 5) is 28.6. The molecular weight excluding hydrogens is 416 g/mol. The number of benzene rings is 2. The van der Waals surface area contributed by atoms with Crippen molar-refractivity contribution in [3.05, 3.63) is 89.5 Å². The van der Waals surface area contributed by atoms with Crippen molar-refractivity contribution in [2.24, 2.45) is 0 Å². The average Bonchev–Trinajstić information content (AvgIpc) is 3.33. The highest BCUT2D eigenvalue weighted by molar-refractivity contribution is 6.06. The molecule has 1 N–H and O–H groups in total. The number of carbonyl (C=O) groups excluding carboxylic acids is 2. The number of amides is 1. The van der Waals surface area contributed by atoms with E-state index in [9.17, 15) is 9.59 Å². The van der Waals surface area contributed by atoms with Gasteiger partial charge in [0, 0.05) is 24.1 Å². The van der Waals surface area contributed by atoms with E-state index in [0.717, 1.165) is 28.4 Å². The van der Waals surface area contributed by atoms with E-state index in [0.29, 0.717) is 30.6 Å². The van der Waals surface area contributed by atoms with E-state index in [-0.39, 0.29) is 17.6 Å². The second-order valence-corrected chi connectivity index (χ2v) is 8.37. The maximum absolute atomic E-state index is 13.7. The molecule has 0 saturated heterocycles. The molecule has 0 unspecified atom stereocenters. The fourth-order valence-corrected chi connectivity index (χ4v) is 4.86. The molecule has 2 heterocycles. The summed E-state index contributed by atoms with van der Waals surface area (Å²) in [5.41, 5.74) is 4.09. The van der Waals surface area contributed by atoms with Crippen LogP contribution >= 0.6 is 0 Å². The lowest BCUT2D eigenvalue weighted by Crippen LogP contribution is -2.38. The summed E-state index contributed by atoms with van der Waals surface area (Å²) in [6, 6.07) is 18.6. The van der Waals surface area contributed by atoms with Crippen LogP contribution in [-0.2, 0) is 9.59 Å². The van der Waals surface area contributed by atoms with Gasteiger partial charge in [0.15, 0.2) is 5.78 Å². The topological polar surface area (TPSA) is 71.8 Å². The number of methoxy groups -OCH3 is 1. The van der Waals surface area contributed by atoms with E-state index in [1.54, 1.807) is 24.3 Å². The van der Waals surface area contributed by atoms with E-state index >= 15 is 0 Å². The molecule has 0 bridgehead atoms. The molecule has 0 fully saturated rings. The summed E-state index contributed by atoms with van der Waals surface area (Å²) in [5.74, 6) is 1.36. The van der Waals surface area contributed by atoms with Gasteiger partial charge in [-0.3, -0.25) is 14.5 Å². The van der Waals surface area contributed by atoms with Crippen LogP contribution in [0, 0.1) is 0 Å². The number of ketones is 1. The molecule has 2 aromatic carbocycles. The SMILES string of the molecule is CCC(=O)N1c2ccccc2NC2=C(C(=O)C[C@@H](c3ccc(OC)cc3)C2)[C@@H]1c1ccco1. The molecule has 5 rings (SSSR count). The van der Waals surface area contributed by atoms with E-state index in [4.69, 9.17) is 9.15 Å². The normalized spacial score (nSPS) is 19.9. The third kappa shape index (κ3) is 3.71. The van der Waals surface area contributed by atoms with Crippen molar-refractivity contribution in [1.82, 2.24) is 0 Å². The number of Topliss-reactive ketones (excluding diaryl/α,β-unsaturated/α-hetero) is 1. The fourth-order valence-electron chi connectivity index (χ4n) is 4.86. The molecule has 2 atom stereocenters. The van der Waals surface area contributed by atoms with Gasteiger partial charge in [0.2, 0.25) is 5.91 Å². The Morgan fingerprint density at radius 3 is 2.58 bits per heavy atom. The zero-order chi connectivity index (χ0) is 22.9. The van der Waals surface area contributed by atoms with Crippen LogP contribution in [0.15, 0.2) is 82.6 Å². The summed E-state index contributed by atoms with van der Waals surface area (Å²) >= 11 is 0. The van der Waals surface area contributed by atoms with Gasteiger partial charge in [0.05, 0.1) is 24.7 Å². The third-order valence-corrected chi connectivity index (χ3v) is 6.46. The second kappa shape index (κ2) is 8.62. The smallest absolute Gasteiger partial charge is 0.227 e. The Hall–Kier alpha value is -3.80. The summed E-state index contributed by atoms with van der Waals surface area (Å²) in [5, 5.41) is 3.51. The molecule has 33 heavy (non-hydrogen) atoms. The first-order chi connectivity index (χ1) is 16.1. The van der Waals surface area contributed by atoms with Gasteiger partial charge >= 0.3 is 0 Å². The van der Waals surface area contributed by atoms with Gasteiger partial charge in [-0.2, -0.15) is 0 Å². The summed E-state index contributed by atoms with van der Waals surface area (Å²) < 4.78 is 11.1. The van der Waals surface area contributed by atoms with Gasteiger partial charge in [-0.1, -0.05) is 31.2 Å². The molecule has 1 aromatic heterocycles. The van der Waals surface area contributed by atoms with Crippen LogP contribution in [-0.4, -0.2) is 18.8 Å². The van der Waals surface area contributed by atoms with Crippen LogP contribution < -0.4 is 15.0 Å². The molecule has 1 amide bonds. The molecule has 0 spiro atoms. The number of carbonyl (C=O) groups is 2. The van der Waals surface area contributed by atoms with Gasteiger partial charge in [0.1, 0.15) is 17.6 Å². The Morgan fingerprint density at radius 2 is 1.88 bits per heavy atom. The molecule has 1 aliphatic heterocycles. The van der Waals surface area contributed by atoms with Gasteiger partial charge in [-0.05, 0) is 54.3 Å². The lowest BCUT2D eigenvalue weighted by molar-refractivity contribution is -0.119. The minimum absolute atomic E-state index is 0.0210. The van der Waals surface area contributed by atoms with E-state index in [1.807, 2.05) is 61.5 Å². The van der Waals surface area contributed by atoms with Crippen molar-refractivity contribution in [2.75, 3.05) is 17.3 Å². The Kier molecular flexibility index (Phi) is 5.50. The first kappa shape index (κ1) is 21.1. The van der Waals surface area contributed by atoms with Crippen LogP contribution in [0.5, 0.6) is 5.75 Å². The van der Waals surface area contributed by atoms with Crippen molar-refractivity contribution < 1.29 is 18.7 Å². The van der Waals surface area contributed by atoms with E-state index in [1.165, 1.54) is 0 Å². The number of furan rings is 1. The zero-order valence-corrected chi connectivity index (χ0v) is 18.7. The van der Waals surface area contributed by atoms with Crippen molar-refractivity contribution >= 4 is 23.1 Å². The number of rotatable bonds is 4. The number of hydrogen-bond acceptors (Lipinski definition) is 5. The highest BCUT2D eigenvalue weighted by atomic mass is 16.5. The monoisotopic (exact) mass is 442 g/mol. The zero-order valence-electron chi connectivity index (χ0n) is 18.7. The standard InChI is InChI=1S/C27H26N2O4/c1-3-25(31)29-22-8-5-4-7-20(22)28-21-15-18(17-10-12-19(32-2)13-11-17)16-23(30)26(21)27(29)24-9-6-14-33-24/h4-14,18,27-28H,3,15-16H2,1-2H3/t18-,27-/m0/s1. The lowest BCUT2D eigenvalue weighted by atomic mass is 9.79. The Balaban J connectivity index is 1.65. The van der Waals surface area contributed by atoms with Gasteiger partial charge in [0.25, 0.3) is 0 Å². The maximum Gasteiger partial charge on any atom is 0.227 e. The number of para-hydroxylation sites is 2. The highest BCUT2D eigenvalue weighted by Gasteiger charge is 2.42. The third-order valence-electron chi connectivity index (χ3n) is 6.46. The van der Waals surface area contributed by atoms with Gasteiger partial charge < -0.3 is 14.5 Å². The minimum atomic E-state index is -0.608. The molecule has 168 valence electrons. The quantitative estimate of drug-likeness (QED) is 0.570. The van der Waals surface area contributed by atoms with E-state index in [2.05, 4.69) is 5.32 Å². The summed E-state index contributed by atoms with van der Waals surface area (Å²) in [7, 11) is 1.64. The molecule has 3 aromatic rings. The van der Waals surface area contributed by atoms with Gasteiger partial charge in [-0.15, -0.1) is 0 Å². The predicted octanol–water partition coefficient (Wildman–Crippen LogP) is 5.60. The summed E-state index contributed by atoms with van der Waals surface area (Å²) in [6.45, 7) is 1.83. The number of allylic oxidation sites excluding steroid dienone is 1. The van der Waals surface area contributed by atoms with Gasteiger partial charge in [-0.25, -0.2) is 0 Å². The van der Waals surface area contributed by atoms with Crippen molar-refractivity contribution in [1.29, 1.82) is 0 Å². The maximum atomic E-state index is 13.7. The van der Waals surface area contributed by atoms with Crippen LogP contribution in [0.2, 0.25) is 0 Å². The van der Waals surface area contributed by atoms with Crippen LogP contribution in [0.3, 0.4) is 0 Å². The molecule has 6 nitrogen and oxygen atoms in total. The Bertz CT molecular complexity index is 1210. The number of fused-ring (bicyclic) bond motifs is 1. The molecule has 6 heteroatoms. The first-order valence-corrected chi connectivity index (χ1v) is 11.2. The van der Waals surface area contributed by atoms with Crippen molar-refractivity contribution in [3.8, 4) is 5.75 Å². The molecular formula is C27H26N2O4. The Morgan fingerprint density at radius 1 is 1.09 bits per heavy atom. The minimum Gasteiger partial charge on any atom is -0.497 e. The molecule has 2 aliphatic rings. The number of hydrogen-bond donors (Lipinski definition) is 1. The number of nitrogens with one attached hydrogen (secondary N) is 1. The average molecular weight is 443 g/mol. The fraction of sp³-hybridized carbons (Fsp3) is 0.259. The molecule has 0 radical (unpaired) electrons. The largest absolute Gasteiger partial charge is 0.497 e. The predicted molar refractivity (Wildman–Crippen MR) is 126 cm³/mol. The van der Waals surface area contributed by atoms with Crippen molar-refractivity contribution in [3.63, 3.8) is 0 Å². The molecule has 0 saturated carbocycles. The van der Waals surface area contributed by atoms with Crippen molar-refractivity contribution in [2.45, 2.75) is 38.1 Å². The first-order valence-electron chi connectivity index (χ1n) is 11.2. The number of anilines is 2. The van der Waals surface area contributed by atoms with Crippen LogP contribution in [0.1, 0.15) is 49.5 Å². The number of nitrogens with zero attached hydrogens (tertiary/aromatic N) is 1. The molecule has 1 aliphatic carbocycles. The Labute approximate surface area is 192 Å². The summed E-state index contributed by atoms with van der Waals surface area (Å²) in [6.07, 6.45) is 2.93. The van der Waals surface area contributed by atoms with Crippen LogP contribution in [0.25, 0.3) is 0 Å². The highest BCUT2D eigenvalue weighted by Crippen LogP contribution is 2.47. The number of ether oxygens (including phenoxy) is 1.